The predicted molar refractivity (Wildman–Crippen MR) is 421 cm³/mol. The quantitative estimate of drug-likeness (QED) is 0.123. The molecular weight excluding hydrogens is 1220 g/mol. The van der Waals surface area contributed by atoms with Crippen LogP contribution in [0.3, 0.4) is 0 Å². The summed E-state index contributed by atoms with van der Waals surface area (Å²) in [7, 11) is 0. The Balaban J connectivity index is 0.746. The van der Waals surface area contributed by atoms with E-state index in [0.717, 1.165) is 132 Å². The zero-order chi connectivity index (χ0) is 65.0. The molecule has 0 unspecified atom stereocenters. The Morgan fingerprint density at radius 1 is 0.190 bits per heavy atom. The lowest BCUT2D eigenvalue weighted by Gasteiger charge is -2.19. The second-order valence-corrected chi connectivity index (χ2v) is 27.2. The van der Waals surface area contributed by atoms with Crippen LogP contribution in [0.15, 0.2) is 335 Å². The Hall–Kier alpha value is -13.3. The van der Waals surface area contributed by atoms with E-state index in [1.54, 1.807) is 0 Å². The van der Waals surface area contributed by atoms with E-state index in [1.165, 1.54) is 103 Å². The zero-order valence-corrected chi connectivity index (χ0v) is 53.8. The summed E-state index contributed by atoms with van der Waals surface area (Å²) in [6, 6.07) is 119. The summed E-state index contributed by atoms with van der Waals surface area (Å²) in [4.78, 5) is 0. The molecule has 23 rings (SSSR count). The number of aromatic nitrogens is 1. The number of fused-ring (bicyclic) bond motifs is 18. The van der Waals surface area contributed by atoms with Crippen molar-refractivity contribution in [1.82, 2.24) is 4.57 Å². The van der Waals surface area contributed by atoms with E-state index in [2.05, 4.69) is 320 Å². The monoisotopic (exact) mass is 1270 g/mol. The van der Waals surface area contributed by atoms with Gasteiger partial charge in [0, 0.05) is 65.1 Å². The molecule has 0 radical (unpaired) electrons. The summed E-state index contributed by atoms with van der Waals surface area (Å²) in [6.07, 6.45) is 0. The number of hydrogen-bond acceptors (Lipinski definition) is 3. The van der Waals surface area contributed by atoms with Crippen LogP contribution in [0, 0.1) is 0 Å². The van der Waals surface area contributed by atoms with E-state index in [0.29, 0.717) is 0 Å². The van der Waals surface area contributed by atoms with E-state index in [4.69, 9.17) is 13.3 Å². The van der Waals surface area contributed by atoms with Crippen molar-refractivity contribution in [3.63, 3.8) is 0 Å². The lowest BCUT2D eigenvalue weighted by Crippen LogP contribution is -1.95. The van der Waals surface area contributed by atoms with Gasteiger partial charge in [0.1, 0.15) is 33.5 Å². The highest BCUT2D eigenvalue weighted by Crippen LogP contribution is 2.54. The lowest BCUT2D eigenvalue weighted by molar-refractivity contribution is 0.669. The van der Waals surface area contributed by atoms with Crippen molar-refractivity contribution in [3.8, 4) is 61.3 Å². The first kappa shape index (κ1) is 53.9. The zero-order valence-electron chi connectivity index (χ0n) is 53.8. The first-order valence-electron chi connectivity index (χ1n) is 34.4. The van der Waals surface area contributed by atoms with Crippen LogP contribution in [-0.2, 0) is 0 Å². The van der Waals surface area contributed by atoms with E-state index in [9.17, 15) is 0 Å². The highest BCUT2D eigenvalue weighted by Gasteiger charge is 2.28. The molecule has 4 aromatic heterocycles. The molecule has 0 aliphatic heterocycles. The minimum atomic E-state index is 0.860. The normalized spacial score (nSPS) is 12.4. The van der Waals surface area contributed by atoms with Crippen LogP contribution in [0.25, 0.3) is 235 Å². The molecule has 0 saturated heterocycles. The molecule has 4 heterocycles. The maximum Gasteiger partial charge on any atom is 0.143 e. The average Bonchev–Trinajstić information content (AvgIpc) is 1.43. The molecule has 100 heavy (non-hydrogen) atoms. The molecule has 0 atom stereocenters. The molecule has 0 amide bonds. The largest absolute Gasteiger partial charge is 0.456 e. The molecule has 23 aromatic rings. The minimum Gasteiger partial charge on any atom is -0.456 e. The molecular formula is C96H53NO3. The van der Waals surface area contributed by atoms with Gasteiger partial charge < -0.3 is 17.8 Å². The number of nitrogens with zero attached hydrogens (tertiary/aromatic N) is 1. The number of para-hydroxylation sites is 2. The molecule has 4 nitrogen and oxygen atoms in total. The van der Waals surface area contributed by atoms with Crippen molar-refractivity contribution >= 4 is 174 Å². The lowest BCUT2D eigenvalue weighted by atomic mass is 9.84. The van der Waals surface area contributed by atoms with Crippen molar-refractivity contribution in [2.75, 3.05) is 0 Å². The maximum atomic E-state index is 7.58. The highest BCUT2D eigenvalue weighted by molar-refractivity contribution is 6.32. The average molecular weight is 1270 g/mol. The Labute approximate surface area is 570 Å². The number of rotatable bonds is 6. The summed E-state index contributed by atoms with van der Waals surface area (Å²) in [5, 5.41) is 27.9. The van der Waals surface area contributed by atoms with Crippen molar-refractivity contribution < 1.29 is 13.3 Å². The van der Waals surface area contributed by atoms with Gasteiger partial charge in [-0.25, -0.2) is 0 Å². The van der Waals surface area contributed by atoms with Gasteiger partial charge in [-0.2, -0.15) is 0 Å². The topological polar surface area (TPSA) is 44.4 Å². The molecule has 19 aromatic carbocycles. The van der Waals surface area contributed by atoms with Crippen LogP contribution in [0.2, 0.25) is 0 Å². The van der Waals surface area contributed by atoms with Gasteiger partial charge in [0.15, 0.2) is 0 Å². The smallest absolute Gasteiger partial charge is 0.143 e. The summed E-state index contributed by atoms with van der Waals surface area (Å²) in [5.41, 5.74) is 20.3. The third-order valence-corrected chi connectivity index (χ3v) is 22.0. The van der Waals surface area contributed by atoms with Crippen LogP contribution in [0.1, 0.15) is 0 Å². The summed E-state index contributed by atoms with van der Waals surface area (Å²) < 4.78 is 23.3. The van der Waals surface area contributed by atoms with Gasteiger partial charge in [-0.3, -0.25) is 0 Å². The van der Waals surface area contributed by atoms with Gasteiger partial charge in [-0.05, 0) is 210 Å². The Kier molecular flexibility index (Phi) is 10.9. The fourth-order valence-electron chi connectivity index (χ4n) is 17.8. The van der Waals surface area contributed by atoms with E-state index in [-0.39, 0.29) is 0 Å². The van der Waals surface area contributed by atoms with Gasteiger partial charge in [0.05, 0.1) is 11.0 Å². The molecule has 0 fully saturated rings. The first-order valence-corrected chi connectivity index (χ1v) is 34.4. The van der Waals surface area contributed by atoms with Crippen LogP contribution < -0.4 is 0 Å². The molecule has 0 aliphatic rings. The molecule has 0 N–H and O–H groups in total. The Morgan fingerprint density at radius 3 is 1.28 bits per heavy atom. The van der Waals surface area contributed by atoms with Crippen LogP contribution in [0.4, 0.5) is 0 Å². The summed E-state index contributed by atoms with van der Waals surface area (Å²) >= 11 is 0. The van der Waals surface area contributed by atoms with Crippen LogP contribution >= 0.6 is 0 Å². The standard InChI is InChI=1S/C96H53NO3/c1-2-21-63(22-3-1)97-81-51-61(48-58-39-40-59-49-62(52-82(97)89(59)88(58)81)87-70-28-10-14-32-74(70)90(75-33-15-11-29-71(75)87)76-34-18-36-84-92(76)78-43-41-54-19-4-6-23-64(54)94(78)99-84)66-45-46-77(93-79-44-42-55-20-5-7-24-65(55)95(79)100-96(66)93)91-72-30-12-8-26-68(72)86(69-27-9-13-31-73(69)91)57-38-37-56-53-85-80(50-60(56)47-57)67-25-16-17-35-83(67)98-85/h1-53H. The molecule has 0 aliphatic carbocycles. The third-order valence-electron chi connectivity index (χ3n) is 22.0. The number of hydrogen-bond donors (Lipinski definition) is 0. The van der Waals surface area contributed by atoms with Crippen molar-refractivity contribution in [2.24, 2.45) is 0 Å². The minimum absolute atomic E-state index is 0.860. The Bertz CT molecular complexity index is 7410. The second-order valence-electron chi connectivity index (χ2n) is 27.2. The van der Waals surface area contributed by atoms with Crippen LogP contribution in [-0.4, -0.2) is 4.57 Å². The summed E-state index contributed by atoms with van der Waals surface area (Å²) in [6.45, 7) is 0. The van der Waals surface area contributed by atoms with Crippen molar-refractivity contribution in [1.29, 1.82) is 0 Å². The van der Waals surface area contributed by atoms with Gasteiger partial charge in [0.2, 0.25) is 0 Å². The van der Waals surface area contributed by atoms with Crippen molar-refractivity contribution in [2.45, 2.75) is 0 Å². The van der Waals surface area contributed by atoms with Gasteiger partial charge >= 0.3 is 0 Å². The molecule has 0 saturated carbocycles. The molecule has 4 heteroatoms. The number of furan rings is 3. The predicted octanol–water partition coefficient (Wildman–Crippen LogP) is 27.5. The highest BCUT2D eigenvalue weighted by atomic mass is 16.3. The SMILES string of the molecule is c1ccc(-n2c3cc(-c4c5ccccc5c(-c5cccc6oc7c8ccccc8ccc7c56)c5ccccc45)cc4ccc5cc(-c6ccc(-c7c8ccccc8c(-c8ccc9cc%10oc%11ccccc%11c%10cc9c8)c8ccccc78)c7c6oc6c8ccccc8ccc67)cc2c5c43)cc1. The maximum absolute atomic E-state index is 7.58. The van der Waals surface area contributed by atoms with Gasteiger partial charge in [-0.15, -0.1) is 0 Å². The van der Waals surface area contributed by atoms with Gasteiger partial charge in [-0.1, -0.05) is 237 Å². The molecule has 0 spiro atoms. The fraction of sp³-hybridized carbons (Fsp3) is 0. The van der Waals surface area contributed by atoms with E-state index in [1.807, 2.05) is 6.07 Å². The summed E-state index contributed by atoms with van der Waals surface area (Å²) in [5.74, 6) is 0. The Morgan fingerprint density at radius 2 is 0.650 bits per heavy atom. The third kappa shape index (κ3) is 7.43. The second kappa shape index (κ2) is 20.2. The van der Waals surface area contributed by atoms with E-state index >= 15 is 0 Å². The fourth-order valence-corrected chi connectivity index (χ4v) is 17.8. The van der Waals surface area contributed by atoms with Gasteiger partial charge in [0.25, 0.3) is 0 Å². The van der Waals surface area contributed by atoms with Crippen molar-refractivity contribution in [3.05, 3.63) is 322 Å². The number of benzene rings is 19. The molecule has 460 valence electrons. The molecule has 0 bridgehead atoms. The van der Waals surface area contributed by atoms with Crippen LogP contribution in [0.5, 0.6) is 0 Å². The first-order chi connectivity index (χ1) is 49.6. The van der Waals surface area contributed by atoms with E-state index < -0.39 is 0 Å².